The Balaban J connectivity index is 2.20. The predicted molar refractivity (Wildman–Crippen MR) is 76.4 cm³/mol. The first-order valence-corrected chi connectivity index (χ1v) is 7.68. The van der Waals surface area contributed by atoms with Crippen LogP contribution in [0, 0.1) is 5.92 Å². The minimum atomic E-state index is 0.729. The van der Waals surface area contributed by atoms with Crippen molar-refractivity contribution < 1.29 is 0 Å². The summed E-state index contributed by atoms with van der Waals surface area (Å²) in [6.45, 7) is 13.0. The normalized spacial score (nSPS) is 18.0. The second-order valence-electron chi connectivity index (χ2n) is 5.64. The zero-order valence-electron chi connectivity index (χ0n) is 12.3. The van der Waals surface area contributed by atoms with Crippen LogP contribution in [0.1, 0.15) is 59.8 Å². The van der Waals surface area contributed by atoms with Crippen LogP contribution in [0.3, 0.4) is 0 Å². The second kappa shape index (κ2) is 8.10. The number of nitrogens with zero attached hydrogens (tertiary/aromatic N) is 1. The first kappa shape index (κ1) is 15.0. The van der Waals surface area contributed by atoms with Crippen LogP contribution in [-0.4, -0.2) is 36.6 Å². The average molecular weight is 240 g/mol. The van der Waals surface area contributed by atoms with Crippen LogP contribution in [0.15, 0.2) is 0 Å². The highest BCUT2D eigenvalue weighted by Gasteiger charge is 2.21. The summed E-state index contributed by atoms with van der Waals surface area (Å²) < 4.78 is 0. The van der Waals surface area contributed by atoms with Gasteiger partial charge in [-0.1, -0.05) is 33.6 Å². The van der Waals surface area contributed by atoms with E-state index in [2.05, 4.69) is 37.9 Å². The van der Waals surface area contributed by atoms with Gasteiger partial charge >= 0.3 is 0 Å². The smallest absolute Gasteiger partial charge is 0.00790 e. The molecule has 0 bridgehead atoms. The van der Waals surface area contributed by atoms with Gasteiger partial charge in [0.2, 0.25) is 0 Å². The molecule has 0 aliphatic heterocycles. The Bertz CT molecular complexity index is 185. The third kappa shape index (κ3) is 5.87. The maximum absolute atomic E-state index is 3.62. The molecule has 2 heteroatoms. The molecule has 0 aromatic heterocycles. The summed E-state index contributed by atoms with van der Waals surface area (Å²) in [4.78, 5) is 2.66. The molecule has 1 aliphatic carbocycles. The van der Waals surface area contributed by atoms with Crippen LogP contribution in [0.25, 0.3) is 0 Å². The minimum absolute atomic E-state index is 0.729. The van der Waals surface area contributed by atoms with Crippen LogP contribution in [0.5, 0.6) is 0 Å². The lowest BCUT2D eigenvalue weighted by Gasteiger charge is -2.31. The van der Waals surface area contributed by atoms with E-state index in [1.54, 1.807) is 0 Å². The van der Waals surface area contributed by atoms with Crippen LogP contribution < -0.4 is 5.32 Å². The quantitative estimate of drug-likeness (QED) is 0.630. The van der Waals surface area contributed by atoms with E-state index in [0.29, 0.717) is 0 Å². The van der Waals surface area contributed by atoms with Gasteiger partial charge < -0.3 is 10.2 Å². The van der Waals surface area contributed by atoms with Crippen molar-refractivity contribution in [3.05, 3.63) is 0 Å². The molecule has 1 atom stereocenters. The zero-order chi connectivity index (χ0) is 12.7. The Labute approximate surface area is 108 Å². The number of hydrogen-bond acceptors (Lipinski definition) is 2. The van der Waals surface area contributed by atoms with E-state index in [-0.39, 0.29) is 0 Å². The Hall–Kier alpha value is -0.0800. The molecular formula is C15H32N2. The summed E-state index contributed by atoms with van der Waals surface area (Å²) in [6.07, 6.45) is 6.74. The van der Waals surface area contributed by atoms with E-state index in [1.165, 1.54) is 51.7 Å². The SMILES string of the molecule is CCC(CC)CN(CC)C(C)CCNC1CC1. The minimum Gasteiger partial charge on any atom is -0.314 e. The first-order valence-electron chi connectivity index (χ1n) is 7.68. The molecule has 1 unspecified atom stereocenters. The molecule has 102 valence electrons. The molecular weight excluding hydrogens is 208 g/mol. The van der Waals surface area contributed by atoms with Gasteiger partial charge in [-0.25, -0.2) is 0 Å². The van der Waals surface area contributed by atoms with Gasteiger partial charge in [-0.05, 0) is 45.2 Å². The highest BCUT2D eigenvalue weighted by Crippen LogP contribution is 2.19. The molecule has 0 saturated heterocycles. The van der Waals surface area contributed by atoms with E-state index in [9.17, 15) is 0 Å². The molecule has 0 radical (unpaired) electrons. The fourth-order valence-electron chi connectivity index (χ4n) is 2.47. The molecule has 0 amide bonds. The number of hydrogen-bond donors (Lipinski definition) is 1. The van der Waals surface area contributed by atoms with Crippen molar-refractivity contribution in [1.29, 1.82) is 0 Å². The summed E-state index contributed by atoms with van der Waals surface area (Å²) >= 11 is 0. The molecule has 17 heavy (non-hydrogen) atoms. The van der Waals surface area contributed by atoms with Gasteiger partial charge in [0.1, 0.15) is 0 Å². The molecule has 1 saturated carbocycles. The topological polar surface area (TPSA) is 15.3 Å². The summed E-state index contributed by atoms with van der Waals surface area (Å²) in [7, 11) is 0. The Morgan fingerprint density at radius 1 is 1.18 bits per heavy atom. The van der Waals surface area contributed by atoms with Gasteiger partial charge in [0.05, 0.1) is 0 Å². The van der Waals surface area contributed by atoms with Gasteiger partial charge in [0.25, 0.3) is 0 Å². The van der Waals surface area contributed by atoms with Gasteiger partial charge in [-0.15, -0.1) is 0 Å². The summed E-state index contributed by atoms with van der Waals surface area (Å²) in [5, 5.41) is 3.62. The van der Waals surface area contributed by atoms with E-state index in [0.717, 1.165) is 18.0 Å². The van der Waals surface area contributed by atoms with E-state index in [1.807, 2.05) is 0 Å². The lowest BCUT2D eigenvalue weighted by Crippen LogP contribution is -2.38. The maximum Gasteiger partial charge on any atom is 0.00790 e. The van der Waals surface area contributed by atoms with Crippen LogP contribution in [0.2, 0.25) is 0 Å². The van der Waals surface area contributed by atoms with Crippen LogP contribution in [0.4, 0.5) is 0 Å². The van der Waals surface area contributed by atoms with Crippen molar-refractivity contribution in [3.63, 3.8) is 0 Å². The monoisotopic (exact) mass is 240 g/mol. The van der Waals surface area contributed by atoms with E-state index >= 15 is 0 Å². The Morgan fingerprint density at radius 2 is 1.82 bits per heavy atom. The highest BCUT2D eigenvalue weighted by atomic mass is 15.1. The Kier molecular flexibility index (Phi) is 7.14. The molecule has 0 heterocycles. The zero-order valence-corrected chi connectivity index (χ0v) is 12.3. The average Bonchev–Trinajstić information content (AvgIpc) is 3.14. The third-order valence-corrected chi connectivity index (χ3v) is 4.25. The summed E-state index contributed by atoms with van der Waals surface area (Å²) in [5.74, 6) is 0.883. The van der Waals surface area contributed by atoms with Crippen LogP contribution in [-0.2, 0) is 0 Å². The lowest BCUT2D eigenvalue weighted by molar-refractivity contribution is 0.172. The van der Waals surface area contributed by atoms with Crippen molar-refractivity contribution in [1.82, 2.24) is 10.2 Å². The highest BCUT2D eigenvalue weighted by molar-refractivity contribution is 4.81. The molecule has 1 rings (SSSR count). The van der Waals surface area contributed by atoms with E-state index in [4.69, 9.17) is 0 Å². The maximum atomic E-state index is 3.62. The fourth-order valence-corrected chi connectivity index (χ4v) is 2.47. The van der Waals surface area contributed by atoms with Gasteiger partial charge in [0.15, 0.2) is 0 Å². The van der Waals surface area contributed by atoms with Crippen molar-refractivity contribution in [2.24, 2.45) is 5.92 Å². The number of nitrogens with one attached hydrogen (secondary N) is 1. The molecule has 1 N–H and O–H groups in total. The predicted octanol–water partition coefficient (Wildman–Crippen LogP) is 3.28. The van der Waals surface area contributed by atoms with Crippen molar-refractivity contribution in [2.45, 2.75) is 71.9 Å². The molecule has 0 aromatic carbocycles. The first-order chi connectivity index (χ1) is 8.21. The summed E-state index contributed by atoms with van der Waals surface area (Å²) in [5.41, 5.74) is 0. The largest absolute Gasteiger partial charge is 0.314 e. The number of rotatable bonds is 10. The molecule has 0 aromatic rings. The van der Waals surface area contributed by atoms with E-state index < -0.39 is 0 Å². The van der Waals surface area contributed by atoms with Gasteiger partial charge in [-0.3, -0.25) is 0 Å². The standard InChI is InChI=1S/C15H32N2/c1-5-14(6-2)12-17(7-3)13(4)10-11-16-15-8-9-15/h13-16H,5-12H2,1-4H3. The Morgan fingerprint density at radius 3 is 2.29 bits per heavy atom. The van der Waals surface area contributed by atoms with Gasteiger partial charge in [-0.2, -0.15) is 0 Å². The van der Waals surface area contributed by atoms with Crippen molar-refractivity contribution >= 4 is 0 Å². The molecule has 2 nitrogen and oxygen atoms in total. The second-order valence-corrected chi connectivity index (χ2v) is 5.64. The summed E-state index contributed by atoms with van der Waals surface area (Å²) in [6, 6.07) is 1.59. The van der Waals surface area contributed by atoms with Crippen molar-refractivity contribution in [2.75, 3.05) is 19.6 Å². The molecule has 0 spiro atoms. The fraction of sp³-hybridized carbons (Fsp3) is 1.00. The van der Waals surface area contributed by atoms with Gasteiger partial charge in [0, 0.05) is 18.6 Å². The van der Waals surface area contributed by atoms with Crippen LogP contribution >= 0.6 is 0 Å². The molecule has 1 aliphatic rings. The lowest BCUT2D eigenvalue weighted by atomic mass is 10.0. The third-order valence-electron chi connectivity index (χ3n) is 4.25. The van der Waals surface area contributed by atoms with Crippen molar-refractivity contribution in [3.8, 4) is 0 Å². The molecule has 1 fully saturated rings.